The van der Waals surface area contributed by atoms with Gasteiger partial charge in [-0.2, -0.15) is 0 Å². The fourth-order valence-electron chi connectivity index (χ4n) is 20.7. The summed E-state index contributed by atoms with van der Waals surface area (Å²) < 4.78 is 54.5. The van der Waals surface area contributed by atoms with Crippen molar-refractivity contribution in [2.75, 3.05) is 100 Å². The predicted molar refractivity (Wildman–Crippen MR) is 490 cm³/mol. The molecule has 19 rings (SSSR count). The molecular weight excluding hydrogens is 1570 g/mol. The lowest BCUT2D eigenvalue weighted by molar-refractivity contribution is 0.0957. The maximum Gasteiger partial charge on any atom is 0.252 e. The second-order valence-electron chi connectivity index (χ2n) is 35.6. The van der Waals surface area contributed by atoms with Gasteiger partial charge in [0.2, 0.25) is 0 Å². The van der Waals surface area contributed by atoms with Crippen LogP contribution in [0.5, 0.6) is 40.2 Å². The summed E-state index contributed by atoms with van der Waals surface area (Å²) in [7, 11) is 5.11. The molecule has 19 nitrogen and oxygen atoms in total. The molecule has 4 fully saturated rings. The lowest BCUT2D eigenvalue weighted by Crippen LogP contribution is -2.35. The third-order valence-corrected chi connectivity index (χ3v) is 27.8. The first-order chi connectivity index (χ1) is 61.1. The molecular formula is C105H125FN8O11. The summed E-state index contributed by atoms with van der Waals surface area (Å²) in [6, 6.07) is 58.0. The van der Waals surface area contributed by atoms with Crippen molar-refractivity contribution in [2.45, 2.75) is 193 Å². The minimum atomic E-state index is -0.195. The average Bonchev–Trinajstić information content (AvgIpc) is 1.62. The van der Waals surface area contributed by atoms with Gasteiger partial charge in [0, 0.05) is 98.2 Å². The molecule has 20 heteroatoms. The van der Waals surface area contributed by atoms with Crippen molar-refractivity contribution >= 4 is 40.3 Å². The quantitative estimate of drug-likeness (QED) is 0.0380. The number of carbonyl (C=O) groups is 4. The van der Waals surface area contributed by atoms with Crippen molar-refractivity contribution in [1.29, 1.82) is 0 Å². The molecule has 658 valence electrons. The minimum Gasteiger partial charge on any atom is -0.497 e. The second kappa shape index (κ2) is 41.6. The van der Waals surface area contributed by atoms with Crippen molar-refractivity contribution in [3.63, 3.8) is 0 Å². The number of nitrogens with zero attached hydrogens (tertiary/aromatic N) is 4. The molecule has 0 spiro atoms. The second-order valence-corrected chi connectivity index (χ2v) is 35.6. The fourth-order valence-corrected chi connectivity index (χ4v) is 20.7. The van der Waals surface area contributed by atoms with Gasteiger partial charge in [0.15, 0.2) is 0 Å². The fraction of sp³-hybridized carbons (Fsp3) is 0.448. The van der Waals surface area contributed by atoms with Gasteiger partial charge in [0.25, 0.3) is 23.6 Å². The van der Waals surface area contributed by atoms with Crippen LogP contribution in [0.15, 0.2) is 187 Å². The Morgan fingerprint density at radius 2 is 0.744 bits per heavy atom. The van der Waals surface area contributed by atoms with Crippen molar-refractivity contribution in [2.24, 2.45) is 11.8 Å². The third-order valence-electron chi connectivity index (χ3n) is 27.8. The molecule has 0 aromatic heterocycles. The van der Waals surface area contributed by atoms with Crippen molar-refractivity contribution in [3.8, 4) is 40.2 Å². The lowest BCUT2D eigenvalue weighted by atomic mass is 9.83. The van der Waals surface area contributed by atoms with Crippen LogP contribution in [-0.4, -0.2) is 168 Å². The summed E-state index contributed by atoms with van der Waals surface area (Å²) in [6.45, 7) is 20.4. The van der Waals surface area contributed by atoms with Gasteiger partial charge in [0.05, 0.1) is 27.9 Å². The molecule has 0 unspecified atom stereocenters. The number of ether oxygens (including phenoxy) is 7. The zero-order valence-electron chi connectivity index (χ0n) is 73.9. The molecule has 4 amide bonds. The molecule has 6 atom stereocenters. The van der Waals surface area contributed by atoms with Crippen LogP contribution in [0.25, 0.3) is 16.7 Å². The van der Waals surface area contributed by atoms with Crippen LogP contribution in [0.4, 0.5) is 4.39 Å². The van der Waals surface area contributed by atoms with E-state index in [1.54, 1.807) is 33.5 Å². The van der Waals surface area contributed by atoms with Gasteiger partial charge in [0.1, 0.15) is 65.9 Å². The number of nitrogens with one attached hydrogen (secondary N) is 4. The van der Waals surface area contributed by atoms with Crippen LogP contribution in [0.3, 0.4) is 0 Å². The van der Waals surface area contributed by atoms with Crippen molar-refractivity contribution in [3.05, 3.63) is 259 Å². The van der Waals surface area contributed by atoms with Crippen LogP contribution in [-0.2, 0) is 26.2 Å². The SMILES string of the molecule is CCCN1CC[C@@H](COc2ccc3c(c2)C(=O)NC3)[C@H](c2ccc(F)cc2)CC1.CCCN1[C@@H]2CC[C@H]1CC(COc1ccc3c(c1)C(=O)NC3)=C(c1ccc(OC)cc1)C2.CCCN1[C@@H]2CC[C@H]1CC(c1ccc(OC)cc1)=C(COc1ccc3c(c1)C(=O)NC3)C2.COc1ccc(C2=C(COc3ccc4c(c3)C(=O)NC4)CCN(CC3CCC3)CC2)cc1. The highest BCUT2D eigenvalue weighted by Crippen LogP contribution is 2.45. The van der Waals surface area contributed by atoms with E-state index in [1.165, 1.54) is 133 Å². The zero-order valence-corrected chi connectivity index (χ0v) is 73.9. The molecule has 10 heterocycles. The van der Waals surface area contributed by atoms with E-state index in [9.17, 15) is 23.6 Å². The summed E-state index contributed by atoms with van der Waals surface area (Å²) in [5.74, 6) is 7.01. The monoisotopic (exact) mass is 1690 g/mol. The molecule has 1 saturated carbocycles. The summed E-state index contributed by atoms with van der Waals surface area (Å²) in [5.41, 5.74) is 20.4. The van der Waals surface area contributed by atoms with E-state index >= 15 is 0 Å². The lowest BCUT2D eigenvalue weighted by Gasteiger charge is -2.31. The number of hydrogen-bond acceptors (Lipinski definition) is 15. The molecule has 1 aliphatic carbocycles. The predicted octanol–water partition coefficient (Wildman–Crippen LogP) is 18.6. The van der Waals surface area contributed by atoms with Crippen LogP contribution in [0.1, 0.15) is 228 Å². The van der Waals surface area contributed by atoms with E-state index in [0.29, 0.717) is 94.2 Å². The summed E-state index contributed by atoms with van der Waals surface area (Å²) in [6.07, 6.45) is 21.1. The number of rotatable bonds is 27. The molecule has 8 aromatic rings. The number of amides is 4. The molecule has 0 radical (unpaired) electrons. The number of halogens is 1. The van der Waals surface area contributed by atoms with Crippen molar-refractivity contribution in [1.82, 2.24) is 40.9 Å². The van der Waals surface area contributed by atoms with Gasteiger partial charge in [-0.1, -0.05) is 100.0 Å². The Morgan fingerprint density at radius 3 is 1.14 bits per heavy atom. The van der Waals surface area contributed by atoms with E-state index in [-0.39, 0.29) is 29.4 Å². The Hall–Kier alpha value is -10.8. The normalized spacial score (nSPS) is 21.6. The molecule has 3 saturated heterocycles. The van der Waals surface area contributed by atoms with Gasteiger partial charge in [-0.25, -0.2) is 4.39 Å². The zero-order chi connectivity index (χ0) is 86.3. The maximum absolute atomic E-state index is 13.4. The highest BCUT2D eigenvalue weighted by molar-refractivity contribution is 6.00. The third kappa shape index (κ3) is 21.3. The number of hydrogen-bond donors (Lipinski definition) is 4. The van der Waals surface area contributed by atoms with Gasteiger partial charge < -0.3 is 64.2 Å². The average molecular weight is 1690 g/mol. The number of likely N-dealkylation sites (tertiary alicyclic amines) is 1. The minimum absolute atomic E-state index is 0.00873. The van der Waals surface area contributed by atoms with Gasteiger partial charge >= 0.3 is 0 Å². The Kier molecular flexibility index (Phi) is 29.2. The maximum atomic E-state index is 13.4. The molecule has 8 aromatic carbocycles. The Labute approximate surface area is 737 Å². The summed E-state index contributed by atoms with van der Waals surface area (Å²) in [5, 5.41) is 11.5. The largest absolute Gasteiger partial charge is 0.497 e. The molecule has 11 aliphatic rings. The van der Waals surface area contributed by atoms with Crippen LogP contribution < -0.4 is 54.4 Å². The smallest absolute Gasteiger partial charge is 0.252 e. The van der Waals surface area contributed by atoms with E-state index < -0.39 is 0 Å². The first kappa shape index (κ1) is 87.7. The van der Waals surface area contributed by atoms with Gasteiger partial charge in [-0.05, 0) is 329 Å². The van der Waals surface area contributed by atoms with Gasteiger partial charge in [-0.15, -0.1) is 0 Å². The van der Waals surface area contributed by atoms with E-state index in [4.69, 9.17) is 33.2 Å². The van der Waals surface area contributed by atoms with Gasteiger partial charge in [-0.3, -0.25) is 29.0 Å². The first-order valence-electron chi connectivity index (χ1n) is 46.1. The summed E-state index contributed by atoms with van der Waals surface area (Å²) >= 11 is 0. The first-order valence-corrected chi connectivity index (χ1v) is 46.1. The van der Waals surface area contributed by atoms with E-state index in [0.717, 1.165) is 176 Å². The highest BCUT2D eigenvalue weighted by atomic mass is 19.1. The van der Waals surface area contributed by atoms with E-state index in [1.807, 2.05) is 121 Å². The summed E-state index contributed by atoms with van der Waals surface area (Å²) in [4.78, 5) is 58.7. The molecule has 125 heavy (non-hydrogen) atoms. The van der Waals surface area contributed by atoms with E-state index in [2.05, 4.69) is 98.0 Å². The Bertz CT molecular complexity index is 5030. The standard InChI is InChI=1S/3C27H32N2O3.C24H29FN2O2/c1-31-23-8-5-20(6-9-23)25-12-14-29(17-19-3-2-4-19)13-11-22(25)18-32-24-10-7-21-16-28-27(30)26(21)15-24;2*1-3-12-29-21-7-8-22(29)14-25(18-4-9-23(31-2)10-5-18)20(13-21)17-32-24-11-6-19-16-28-27(30)26(19)15-24;1-2-11-27-12-9-19(22(10-13-27)17-3-6-20(25)7-4-17)16-29-21-8-5-18-15-26-24(28)23(18)14-21/h5-10,15,19H,2-4,11-14,16-18H2,1H3,(H,28,30);2*4-6,9-11,15,21-22H,3,7-8,12-14,16-17H2,1-2H3,(H,28,30);3-8,14,19,22H,2,9-13,15-16H2,1H3,(H,26,28)/t;2*21-,22+;19-,22-/m.100/s1. The van der Waals surface area contributed by atoms with Crippen LogP contribution in [0.2, 0.25) is 0 Å². The molecule has 10 aliphatic heterocycles. The molecule has 4 N–H and O–H groups in total. The number of carbonyl (C=O) groups excluding carboxylic acids is 4. The number of benzene rings is 8. The number of fused-ring (bicyclic) bond motifs is 8. The topological polar surface area (TPSA) is 194 Å². The molecule has 4 bridgehead atoms. The Morgan fingerprint density at radius 1 is 0.368 bits per heavy atom. The Balaban J connectivity index is 0.000000123. The highest BCUT2D eigenvalue weighted by Gasteiger charge is 2.40. The van der Waals surface area contributed by atoms with Crippen LogP contribution in [0, 0.1) is 17.7 Å². The van der Waals surface area contributed by atoms with Crippen LogP contribution >= 0.6 is 0 Å². The van der Waals surface area contributed by atoms with Crippen molar-refractivity contribution < 1.29 is 56.7 Å². The number of methoxy groups -OCH3 is 3.